The highest BCUT2D eigenvalue weighted by Gasteiger charge is 2.20. The van der Waals surface area contributed by atoms with E-state index in [1.165, 1.54) is 27.3 Å². The molecular formula is C51H31N3O. The smallest absolute Gasteiger partial charge is 0.164 e. The highest BCUT2D eigenvalue weighted by Crippen LogP contribution is 2.43. The Morgan fingerprint density at radius 2 is 0.873 bits per heavy atom. The number of furan rings is 1. The Hall–Kier alpha value is -7.43. The molecule has 0 aliphatic rings. The van der Waals surface area contributed by atoms with E-state index in [2.05, 4.69) is 158 Å². The van der Waals surface area contributed by atoms with Gasteiger partial charge in [0, 0.05) is 32.8 Å². The van der Waals surface area contributed by atoms with Crippen LogP contribution in [0.3, 0.4) is 0 Å². The van der Waals surface area contributed by atoms with E-state index in [1.807, 2.05) is 30.3 Å². The van der Waals surface area contributed by atoms with Crippen molar-refractivity contribution < 1.29 is 4.42 Å². The molecule has 0 aliphatic carbocycles. The number of rotatable bonds is 5. The maximum absolute atomic E-state index is 6.73. The number of aromatic nitrogens is 3. The quantitative estimate of drug-likeness (QED) is 0.179. The van der Waals surface area contributed by atoms with Crippen LogP contribution in [-0.4, -0.2) is 15.0 Å². The van der Waals surface area contributed by atoms with E-state index >= 15 is 0 Å². The minimum atomic E-state index is 0.613. The van der Waals surface area contributed by atoms with Crippen molar-refractivity contribution in [1.82, 2.24) is 15.0 Å². The molecule has 0 atom stereocenters. The summed E-state index contributed by atoms with van der Waals surface area (Å²) in [5.41, 5.74) is 9.09. The van der Waals surface area contributed by atoms with Crippen molar-refractivity contribution in [2.24, 2.45) is 0 Å². The van der Waals surface area contributed by atoms with Gasteiger partial charge in [0.1, 0.15) is 11.2 Å². The molecule has 0 amide bonds. The Labute approximate surface area is 317 Å². The third-order valence-corrected chi connectivity index (χ3v) is 10.7. The molecule has 0 radical (unpaired) electrons. The predicted octanol–water partition coefficient (Wildman–Crippen LogP) is 13.6. The van der Waals surface area contributed by atoms with E-state index in [4.69, 9.17) is 19.4 Å². The van der Waals surface area contributed by atoms with E-state index in [1.54, 1.807) is 0 Å². The Morgan fingerprint density at radius 1 is 0.309 bits per heavy atom. The van der Waals surface area contributed by atoms with Gasteiger partial charge >= 0.3 is 0 Å². The van der Waals surface area contributed by atoms with Crippen LogP contribution in [0.4, 0.5) is 0 Å². The fraction of sp³-hybridized carbons (Fsp3) is 0. The van der Waals surface area contributed by atoms with Crippen molar-refractivity contribution in [2.75, 3.05) is 0 Å². The molecule has 0 saturated heterocycles. The zero-order valence-electron chi connectivity index (χ0n) is 29.6. The molecular weight excluding hydrogens is 671 g/mol. The number of benzene rings is 9. The molecule has 0 N–H and O–H groups in total. The first-order valence-electron chi connectivity index (χ1n) is 18.5. The van der Waals surface area contributed by atoms with Crippen molar-refractivity contribution in [2.45, 2.75) is 0 Å². The van der Waals surface area contributed by atoms with Gasteiger partial charge in [-0.25, -0.2) is 15.0 Å². The highest BCUT2D eigenvalue weighted by molar-refractivity contribution is 6.22. The van der Waals surface area contributed by atoms with E-state index in [0.717, 1.165) is 65.9 Å². The molecule has 0 unspecified atom stereocenters. The lowest BCUT2D eigenvalue weighted by Gasteiger charge is -2.12. The number of fused-ring (bicyclic) bond motifs is 7. The summed E-state index contributed by atoms with van der Waals surface area (Å²) in [6.45, 7) is 0. The van der Waals surface area contributed by atoms with Crippen LogP contribution in [0.25, 0.3) is 111 Å². The van der Waals surface area contributed by atoms with Crippen molar-refractivity contribution in [3.63, 3.8) is 0 Å². The molecule has 11 rings (SSSR count). The lowest BCUT2D eigenvalue weighted by Crippen LogP contribution is -2.00. The molecule has 0 fully saturated rings. The Kier molecular flexibility index (Phi) is 7.14. The third-order valence-electron chi connectivity index (χ3n) is 10.7. The molecule has 55 heavy (non-hydrogen) atoms. The van der Waals surface area contributed by atoms with Gasteiger partial charge in [0.25, 0.3) is 0 Å². The van der Waals surface area contributed by atoms with Crippen LogP contribution in [0.5, 0.6) is 0 Å². The summed E-state index contributed by atoms with van der Waals surface area (Å²) < 4.78 is 6.73. The van der Waals surface area contributed by atoms with Crippen molar-refractivity contribution in [3.05, 3.63) is 188 Å². The molecule has 0 bridgehead atoms. The summed E-state index contributed by atoms with van der Waals surface area (Å²) in [5.74, 6) is 1.87. The first-order valence-corrected chi connectivity index (χ1v) is 18.5. The van der Waals surface area contributed by atoms with Gasteiger partial charge in [-0.3, -0.25) is 0 Å². The molecule has 0 saturated carbocycles. The van der Waals surface area contributed by atoms with Gasteiger partial charge in [0.2, 0.25) is 0 Å². The Bertz CT molecular complexity index is 3260. The van der Waals surface area contributed by atoms with Crippen LogP contribution < -0.4 is 0 Å². The molecule has 4 nitrogen and oxygen atoms in total. The van der Waals surface area contributed by atoms with Crippen molar-refractivity contribution in [3.8, 4) is 56.4 Å². The van der Waals surface area contributed by atoms with E-state index in [-0.39, 0.29) is 0 Å². The minimum Gasteiger partial charge on any atom is -0.455 e. The van der Waals surface area contributed by atoms with Gasteiger partial charge in [-0.2, -0.15) is 0 Å². The minimum absolute atomic E-state index is 0.613. The first kappa shape index (κ1) is 31.1. The summed E-state index contributed by atoms with van der Waals surface area (Å²) in [4.78, 5) is 15.4. The second kappa shape index (κ2) is 12.6. The lowest BCUT2D eigenvalue weighted by molar-refractivity contribution is 0.673. The monoisotopic (exact) mass is 701 g/mol. The zero-order chi connectivity index (χ0) is 36.3. The maximum Gasteiger partial charge on any atom is 0.164 e. The van der Waals surface area contributed by atoms with Crippen LogP contribution in [0.1, 0.15) is 0 Å². The van der Waals surface area contributed by atoms with Crippen molar-refractivity contribution >= 4 is 54.3 Å². The average Bonchev–Trinajstić information content (AvgIpc) is 3.65. The van der Waals surface area contributed by atoms with Gasteiger partial charge in [0.05, 0.1) is 0 Å². The van der Waals surface area contributed by atoms with E-state index in [9.17, 15) is 0 Å². The molecule has 0 aliphatic heterocycles. The van der Waals surface area contributed by atoms with E-state index in [0.29, 0.717) is 17.5 Å². The van der Waals surface area contributed by atoms with Crippen LogP contribution in [0.2, 0.25) is 0 Å². The molecule has 256 valence electrons. The first-order chi connectivity index (χ1) is 27.2. The molecule has 0 spiro atoms. The molecule has 2 heterocycles. The van der Waals surface area contributed by atoms with Gasteiger partial charge in [0.15, 0.2) is 17.5 Å². The second-order valence-electron chi connectivity index (χ2n) is 14.0. The largest absolute Gasteiger partial charge is 0.455 e. The van der Waals surface area contributed by atoms with Gasteiger partial charge in [-0.15, -0.1) is 0 Å². The Morgan fingerprint density at radius 3 is 1.62 bits per heavy atom. The fourth-order valence-corrected chi connectivity index (χ4v) is 7.96. The topological polar surface area (TPSA) is 51.8 Å². The zero-order valence-corrected chi connectivity index (χ0v) is 29.6. The number of hydrogen-bond donors (Lipinski definition) is 0. The predicted molar refractivity (Wildman–Crippen MR) is 227 cm³/mol. The lowest BCUT2D eigenvalue weighted by atomic mass is 9.94. The van der Waals surface area contributed by atoms with Gasteiger partial charge in [-0.1, -0.05) is 164 Å². The van der Waals surface area contributed by atoms with Gasteiger partial charge in [-0.05, 0) is 73.5 Å². The van der Waals surface area contributed by atoms with Crippen LogP contribution in [0, 0.1) is 0 Å². The van der Waals surface area contributed by atoms with Crippen LogP contribution in [-0.2, 0) is 0 Å². The SMILES string of the molecule is c1ccc(-c2nc(-c3ccc4ccccc4c3)nc(-c3cc4c(oc5cccc(-c6ccc(-c7ccc8ccccc8c7)cc6)c54)c4ccccc34)n2)cc1. The van der Waals surface area contributed by atoms with Gasteiger partial charge < -0.3 is 4.42 Å². The molecule has 2 aromatic heterocycles. The fourth-order valence-electron chi connectivity index (χ4n) is 7.96. The van der Waals surface area contributed by atoms with Crippen LogP contribution in [0.15, 0.2) is 192 Å². The normalized spacial score (nSPS) is 11.6. The molecule has 9 aromatic carbocycles. The average molecular weight is 702 g/mol. The summed E-state index contributed by atoms with van der Waals surface area (Å²) >= 11 is 0. The molecule has 11 aromatic rings. The number of hydrogen-bond acceptors (Lipinski definition) is 4. The second-order valence-corrected chi connectivity index (χ2v) is 14.0. The van der Waals surface area contributed by atoms with Crippen LogP contribution >= 0.6 is 0 Å². The summed E-state index contributed by atoms with van der Waals surface area (Å²) in [6, 6.07) is 65.8. The van der Waals surface area contributed by atoms with Crippen molar-refractivity contribution in [1.29, 1.82) is 0 Å². The maximum atomic E-state index is 6.73. The van der Waals surface area contributed by atoms with E-state index < -0.39 is 0 Å². The standard InChI is InChI=1S/C51H31N3O/c1-2-13-36(14-3-1)49-52-50(40-28-24-33-12-5-7-16-38(33)30-40)54-51(53-49)44-31-45-47-41(19-10-20-46(47)55-48(45)43-18-9-8-17-42(43)44)35-25-21-34(22-26-35)39-27-23-32-11-4-6-15-37(32)29-39/h1-31H. The summed E-state index contributed by atoms with van der Waals surface area (Å²) in [5, 5.41) is 8.90. The molecule has 4 heteroatoms. The highest BCUT2D eigenvalue weighted by atomic mass is 16.3. The number of nitrogens with zero attached hydrogens (tertiary/aromatic N) is 3. The third kappa shape index (κ3) is 5.34. The summed E-state index contributed by atoms with van der Waals surface area (Å²) in [6.07, 6.45) is 0. The Balaban J connectivity index is 1.11. The summed E-state index contributed by atoms with van der Waals surface area (Å²) in [7, 11) is 0.